The minimum absolute atomic E-state index is 0.132. The third-order valence-corrected chi connectivity index (χ3v) is 2.60. The second-order valence-corrected chi connectivity index (χ2v) is 3.72. The van der Waals surface area contributed by atoms with Crippen molar-refractivity contribution in [2.75, 3.05) is 11.9 Å². The summed E-state index contributed by atoms with van der Waals surface area (Å²) < 4.78 is 0. The second kappa shape index (κ2) is 3.32. The molecule has 2 rings (SSSR count). The van der Waals surface area contributed by atoms with Crippen molar-refractivity contribution >= 4 is 5.69 Å². The predicted molar refractivity (Wildman–Crippen MR) is 53.8 cm³/mol. The number of aliphatic hydroxyl groups excluding tert-OH is 1. The van der Waals surface area contributed by atoms with E-state index in [0.29, 0.717) is 5.56 Å². The zero-order valence-electron chi connectivity index (χ0n) is 7.83. The molecule has 0 aliphatic heterocycles. The molecule has 0 aromatic heterocycles. The Morgan fingerprint density at radius 2 is 2.14 bits per heavy atom. The first kappa shape index (κ1) is 9.04. The Labute approximate surface area is 83.0 Å². The van der Waals surface area contributed by atoms with Crippen LogP contribution in [-0.4, -0.2) is 17.3 Å². The van der Waals surface area contributed by atoms with Crippen LogP contribution in [0.15, 0.2) is 24.3 Å². The Balaban J connectivity index is 2.21. The van der Waals surface area contributed by atoms with Gasteiger partial charge in [-0.25, -0.2) is 0 Å². The van der Waals surface area contributed by atoms with E-state index in [1.54, 1.807) is 6.07 Å². The van der Waals surface area contributed by atoms with Crippen LogP contribution in [0.1, 0.15) is 18.4 Å². The first-order chi connectivity index (χ1) is 6.79. The van der Waals surface area contributed by atoms with Crippen molar-refractivity contribution in [3.63, 3.8) is 0 Å². The van der Waals surface area contributed by atoms with Gasteiger partial charge in [-0.1, -0.05) is 12.1 Å². The van der Waals surface area contributed by atoms with Crippen LogP contribution in [0.25, 0.3) is 0 Å². The predicted octanol–water partition coefficient (Wildman–Crippen LogP) is 1.50. The fourth-order valence-corrected chi connectivity index (χ4v) is 1.45. The fraction of sp³-hybridized carbons (Fsp3) is 0.364. The van der Waals surface area contributed by atoms with Gasteiger partial charge in [0.25, 0.3) is 0 Å². The number of benzene rings is 1. The van der Waals surface area contributed by atoms with E-state index in [2.05, 4.69) is 11.4 Å². The number of nitrogens with zero attached hydrogens (tertiary/aromatic N) is 1. The lowest BCUT2D eigenvalue weighted by Crippen LogP contribution is -2.25. The van der Waals surface area contributed by atoms with E-state index >= 15 is 0 Å². The number of nitriles is 1. The summed E-state index contributed by atoms with van der Waals surface area (Å²) in [4.78, 5) is 0. The molecule has 3 heteroatoms. The summed E-state index contributed by atoms with van der Waals surface area (Å²) in [7, 11) is 0. The average Bonchev–Trinajstić information content (AvgIpc) is 2.99. The van der Waals surface area contributed by atoms with Crippen LogP contribution in [0.3, 0.4) is 0 Å². The topological polar surface area (TPSA) is 56.0 Å². The molecule has 0 heterocycles. The third kappa shape index (κ3) is 1.57. The lowest BCUT2D eigenvalue weighted by atomic mass is 10.1. The molecule has 1 fully saturated rings. The minimum Gasteiger partial charge on any atom is -0.394 e. The summed E-state index contributed by atoms with van der Waals surface area (Å²) in [5.74, 6) is 0. The van der Waals surface area contributed by atoms with Crippen molar-refractivity contribution in [1.29, 1.82) is 5.26 Å². The van der Waals surface area contributed by atoms with E-state index in [1.165, 1.54) is 0 Å². The fourth-order valence-electron chi connectivity index (χ4n) is 1.45. The van der Waals surface area contributed by atoms with Crippen molar-refractivity contribution < 1.29 is 5.11 Å². The van der Waals surface area contributed by atoms with Gasteiger partial charge < -0.3 is 10.4 Å². The van der Waals surface area contributed by atoms with Crippen LogP contribution >= 0.6 is 0 Å². The first-order valence-electron chi connectivity index (χ1n) is 4.68. The van der Waals surface area contributed by atoms with Crippen LogP contribution in [0.2, 0.25) is 0 Å². The van der Waals surface area contributed by atoms with Gasteiger partial charge in [-0.05, 0) is 25.0 Å². The molecular weight excluding hydrogens is 176 g/mol. The van der Waals surface area contributed by atoms with Crippen LogP contribution in [0.5, 0.6) is 0 Å². The van der Waals surface area contributed by atoms with Crippen LogP contribution in [-0.2, 0) is 0 Å². The molecule has 72 valence electrons. The van der Waals surface area contributed by atoms with Crippen molar-refractivity contribution in [3.05, 3.63) is 29.8 Å². The standard InChI is InChI=1S/C11H12N2O/c12-7-9-3-1-2-4-10(9)13-11(8-14)5-6-11/h1-4,13-14H,5-6,8H2. The highest BCUT2D eigenvalue weighted by molar-refractivity contribution is 5.59. The van der Waals surface area contributed by atoms with Gasteiger partial charge in [-0.15, -0.1) is 0 Å². The molecule has 1 aromatic carbocycles. The van der Waals surface area contributed by atoms with Crippen LogP contribution in [0.4, 0.5) is 5.69 Å². The normalized spacial score (nSPS) is 17.1. The minimum atomic E-state index is -0.160. The van der Waals surface area contributed by atoms with Crippen molar-refractivity contribution in [3.8, 4) is 6.07 Å². The number of nitrogens with one attached hydrogen (secondary N) is 1. The maximum Gasteiger partial charge on any atom is 0.101 e. The summed E-state index contributed by atoms with van der Waals surface area (Å²) in [6.07, 6.45) is 1.95. The van der Waals surface area contributed by atoms with Gasteiger partial charge in [0, 0.05) is 0 Å². The van der Waals surface area contributed by atoms with Gasteiger partial charge in [0.1, 0.15) is 6.07 Å². The van der Waals surface area contributed by atoms with E-state index in [4.69, 9.17) is 10.4 Å². The summed E-state index contributed by atoms with van der Waals surface area (Å²) in [5.41, 5.74) is 1.29. The third-order valence-electron chi connectivity index (χ3n) is 2.60. The van der Waals surface area contributed by atoms with Gasteiger partial charge >= 0.3 is 0 Å². The Morgan fingerprint density at radius 3 is 2.71 bits per heavy atom. The van der Waals surface area contributed by atoms with Gasteiger partial charge in [0.05, 0.1) is 23.4 Å². The molecule has 0 radical (unpaired) electrons. The molecule has 0 atom stereocenters. The van der Waals surface area contributed by atoms with E-state index in [1.807, 2.05) is 18.2 Å². The van der Waals surface area contributed by atoms with E-state index < -0.39 is 0 Å². The van der Waals surface area contributed by atoms with E-state index in [9.17, 15) is 0 Å². The smallest absolute Gasteiger partial charge is 0.101 e. The number of anilines is 1. The molecule has 0 spiro atoms. The molecule has 0 amide bonds. The first-order valence-corrected chi connectivity index (χ1v) is 4.68. The molecular formula is C11H12N2O. The Hall–Kier alpha value is -1.53. The highest BCUT2D eigenvalue weighted by Crippen LogP contribution is 2.38. The number of aliphatic hydroxyl groups is 1. The van der Waals surface area contributed by atoms with Gasteiger partial charge in [-0.2, -0.15) is 5.26 Å². The van der Waals surface area contributed by atoms with Crippen molar-refractivity contribution in [1.82, 2.24) is 0 Å². The molecule has 1 aliphatic carbocycles. The monoisotopic (exact) mass is 188 g/mol. The second-order valence-electron chi connectivity index (χ2n) is 3.72. The molecule has 0 unspecified atom stereocenters. The Bertz CT molecular complexity index is 377. The largest absolute Gasteiger partial charge is 0.394 e. The molecule has 0 bridgehead atoms. The summed E-state index contributed by atoms with van der Waals surface area (Å²) in [6, 6.07) is 9.49. The molecule has 1 aliphatic rings. The zero-order valence-corrected chi connectivity index (χ0v) is 7.83. The Morgan fingerprint density at radius 1 is 1.43 bits per heavy atom. The number of para-hydroxylation sites is 1. The van der Waals surface area contributed by atoms with Crippen molar-refractivity contribution in [2.45, 2.75) is 18.4 Å². The number of rotatable bonds is 3. The molecule has 1 aromatic rings. The summed E-state index contributed by atoms with van der Waals surface area (Å²) in [5, 5.41) is 21.2. The molecule has 2 N–H and O–H groups in total. The van der Waals surface area contributed by atoms with Crippen LogP contribution < -0.4 is 5.32 Å². The van der Waals surface area contributed by atoms with Gasteiger partial charge in [-0.3, -0.25) is 0 Å². The zero-order chi connectivity index (χ0) is 10.0. The van der Waals surface area contributed by atoms with Crippen molar-refractivity contribution in [2.24, 2.45) is 0 Å². The summed E-state index contributed by atoms with van der Waals surface area (Å²) in [6.45, 7) is 0.132. The highest BCUT2D eigenvalue weighted by Gasteiger charge is 2.42. The maximum atomic E-state index is 9.14. The maximum absolute atomic E-state index is 9.14. The SMILES string of the molecule is N#Cc1ccccc1NC1(CO)CC1. The van der Waals surface area contributed by atoms with Gasteiger partial charge in [0.2, 0.25) is 0 Å². The quantitative estimate of drug-likeness (QED) is 0.755. The highest BCUT2D eigenvalue weighted by atomic mass is 16.3. The lowest BCUT2D eigenvalue weighted by molar-refractivity contribution is 0.266. The molecule has 14 heavy (non-hydrogen) atoms. The molecule has 0 saturated heterocycles. The molecule has 1 saturated carbocycles. The lowest BCUT2D eigenvalue weighted by Gasteiger charge is -2.16. The van der Waals surface area contributed by atoms with E-state index in [-0.39, 0.29) is 12.1 Å². The van der Waals surface area contributed by atoms with Gasteiger partial charge in [0.15, 0.2) is 0 Å². The number of hydrogen-bond donors (Lipinski definition) is 2. The average molecular weight is 188 g/mol. The van der Waals surface area contributed by atoms with Crippen LogP contribution in [0, 0.1) is 11.3 Å². The Kier molecular flexibility index (Phi) is 2.14. The molecule has 3 nitrogen and oxygen atoms in total. The number of hydrogen-bond acceptors (Lipinski definition) is 3. The summed E-state index contributed by atoms with van der Waals surface area (Å²) >= 11 is 0. The van der Waals surface area contributed by atoms with E-state index in [0.717, 1.165) is 18.5 Å².